The van der Waals surface area contributed by atoms with Crippen molar-refractivity contribution < 1.29 is 0 Å². The van der Waals surface area contributed by atoms with Crippen LogP contribution in [0, 0.1) is 16.1 Å². The van der Waals surface area contributed by atoms with Crippen LogP contribution in [0.4, 0.5) is 0 Å². The van der Waals surface area contributed by atoms with Crippen LogP contribution in [0.5, 0.6) is 0 Å². The van der Waals surface area contributed by atoms with E-state index in [0.29, 0.717) is 28.8 Å². The Balaban J connectivity index is 2.21. The van der Waals surface area contributed by atoms with Crippen LogP contribution in [-0.2, 0) is 6.67 Å². The molecule has 1 aromatic carbocycles. The Hall–Kier alpha value is -1.68. The highest BCUT2D eigenvalue weighted by Gasteiger charge is 2.09. The van der Waals surface area contributed by atoms with Gasteiger partial charge < -0.3 is 0 Å². The fraction of sp³-hybridized carbons (Fsp3) is 0.357. The predicted octanol–water partition coefficient (Wildman–Crippen LogP) is 3.45. The third-order valence-electron chi connectivity index (χ3n) is 2.97. The van der Waals surface area contributed by atoms with Gasteiger partial charge in [0.25, 0.3) is 0 Å². The number of rotatable bonds is 6. The molecule has 0 aliphatic heterocycles. The summed E-state index contributed by atoms with van der Waals surface area (Å²) in [6, 6.07) is 9.57. The zero-order chi connectivity index (χ0) is 15.2. The molecule has 1 heterocycles. The molecular weight excluding hydrogens is 306 g/mol. The number of aromatic amines is 1. The van der Waals surface area contributed by atoms with Crippen molar-refractivity contribution in [2.45, 2.75) is 20.0 Å². The molecule has 0 fully saturated rings. The molecule has 1 N–H and O–H groups in total. The maximum Gasteiger partial charge on any atom is 0.217 e. The number of hydrogen-bond acceptors (Lipinski definition) is 4. The van der Waals surface area contributed by atoms with Gasteiger partial charge in [-0.1, -0.05) is 18.5 Å². The SMILES string of the molecule is CCCN(CC#N)Cn1[nH]c(-c2ccc(Cl)cc2)nc1=S. The Morgan fingerprint density at radius 1 is 1.43 bits per heavy atom. The number of H-pyrrole nitrogens is 1. The first-order valence-corrected chi connectivity index (χ1v) is 7.44. The Morgan fingerprint density at radius 3 is 2.76 bits per heavy atom. The maximum absolute atomic E-state index is 8.85. The van der Waals surface area contributed by atoms with Gasteiger partial charge in [-0.3, -0.25) is 10.00 Å². The first-order chi connectivity index (χ1) is 10.1. The molecule has 0 spiro atoms. The van der Waals surface area contributed by atoms with Gasteiger partial charge in [-0.25, -0.2) is 4.68 Å². The minimum atomic E-state index is 0.366. The number of hydrogen-bond donors (Lipinski definition) is 1. The van der Waals surface area contributed by atoms with Crippen molar-refractivity contribution in [1.29, 1.82) is 5.26 Å². The number of nitriles is 1. The minimum absolute atomic E-state index is 0.366. The van der Waals surface area contributed by atoms with Crippen LogP contribution in [0.25, 0.3) is 11.4 Å². The average Bonchev–Trinajstić information content (AvgIpc) is 2.81. The van der Waals surface area contributed by atoms with E-state index in [-0.39, 0.29) is 0 Å². The lowest BCUT2D eigenvalue weighted by Gasteiger charge is -2.17. The summed E-state index contributed by atoms with van der Waals surface area (Å²) in [6.07, 6.45) is 0.979. The molecule has 0 saturated heterocycles. The topological polar surface area (TPSA) is 60.6 Å². The maximum atomic E-state index is 8.85. The summed E-state index contributed by atoms with van der Waals surface area (Å²) in [5.41, 5.74) is 0.923. The van der Waals surface area contributed by atoms with Gasteiger partial charge in [-0.05, 0) is 42.9 Å². The molecule has 5 nitrogen and oxygen atoms in total. The fourth-order valence-electron chi connectivity index (χ4n) is 2.01. The average molecular weight is 322 g/mol. The zero-order valence-corrected chi connectivity index (χ0v) is 13.3. The third kappa shape index (κ3) is 4.14. The molecule has 21 heavy (non-hydrogen) atoms. The summed E-state index contributed by atoms with van der Waals surface area (Å²) >= 11 is 11.2. The van der Waals surface area contributed by atoms with Crippen LogP contribution in [0.15, 0.2) is 24.3 Å². The van der Waals surface area contributed by atoms with Gasteiger partial charge in [0.1, 0.15) is 0 Å². The largest absolute Gasteiger partial charge is 0.278 e. The van der Waals surface area contributed by atoms with E-state index in [4.69, 9.17) is 29.1 Å². The molecule has 0 saturated carbocycles. The number of nitrogens with zero attached hydrogens (tertiary/aromatic N) is 4. The van der Waals surface area contributed by atoms with E-state index >= 15 is 0 Å². The Labute approximate surface area is 133 Å². The summed E-state index contributed by atoms with van der Waals surface area (Å²) in [5.74, 6) is 0.699. The quantitative estimate of drug-likeness (QED) is 0.654. The zero-order valence-electron chi connectivity index (χ0n) is 11.7. The smallest absolute Gasteiger partial charge is 0.217 e. The van der Waals surface area contributed by atoms with Gasteiger partial charge in [0.05, 0.1) is 19.3 Å². The Bertz CT molecular complexity index is 683. The van der Waals surface area contributed by atoms with Crippen LogP contribution in [-0.4, -0.2) is 32.8 Å². The minimum Gasteiger partial charge on any atom is -0.278 e. The molecule has 7 heteroatoms. The van der Waals surface area contributed by atoms with Crippen LogP contribution in [0.1, 0.15) is 13.3 Å². The van der Waals surface area contributed by atoms with Crippen molar-refractivity contribution >= 4 is 23.8 Å². The van der Waals surface area contributed by atoms with Gasteiger partial charge >= 0.3 is 0 Å². The van der Waals surface area contributed by atoms with E-state index in [1.165, 1.54) is 0 Å². The van der Waals surface area contributed by atoms with E-state index in [0.717, 1.165) is 18.5 Å². The highest BCUT2D eigenvalue weighted by Crippen LogP contribution is 2.18. The second-order valence-corrected chi connectivity index (χ2v) is 5.44. The molecule has 2 rings (SSSR count). The van der Waals surface area contributed by atoms with Gasteiger partial charge in [0.15, 0.2) is 5.82 Å². The summed E-state index contributed by atoms with van der Waals surface area (Å²) in [6.45, 7) is 3.81. The van der Waals surface area contributed by atoms with Gasteiger partial charge in [-0.15, -0.1) is 0 Å². The molecule has 0 radical (unpaired) electrons. The third-order valence-corrected chi connectivity index (χ3v) is 3.54. The standard InChI is InChI=1S/C14H16ClN5S/c1-2-8-19(9-7-16)10-20-14(21)17-13(18-20)11-3-5-12(15)6-4-11/h3-6H,2,8-10H2,1H3,(H,17,18,21). The van der Waals surface area contributed by atoms with E-state index < -0.39 is 0 Å². The molecule has 2 aromatic rings. The van der Waals surface area contributed by atoms with Crippen molar-refractivity contribution in [3.63, 3.8) is 0 Å². The molecule has 0 unspecified atom stereocenters. The van der Waals surface area contributed by atoms with Gasteiger partial charge in [0, 0.05) is 17.1 Å². The van der Waals surface area contributed by atoms with E-state index in [1.54, 1.807) is 4.68 Å². The molecule has 110 valence electrons. The van der Waals surface area contributed by atoms with Crippen molar-refractivity contribution in [3.05, 3.63) is 34.1 Å². The van der Waals surface area contributed by atoms with Crippen LogP contribution < -0.4 is 0 Å². The second-order valence-electron chi connectivity index (χ2n) is 4.64. The van der Waals surface area contributed by atoms with E-state index in [9.17, 15) is 0 Å². The lowest BCUT2D eigenvalue weighted by atomic mass is 10.2. The first kappa shape index (κ1) is 15.7. The van der Waals surface area contributed by atoms with Crippen molar-refractivity contribution in [1.82, 2.24) is 19.7 Å². The first-order valence-electron chi connectivity index (χ1n) is 6.66. The Morgan fingerprint density at radius 2 is 2.14 bits per heavy atom. The summed E-state index contributed by atoms with van der Waals surface area (Å²) in [7, 11) is 0. The highest BCUT2D eigenvalue weighted by molar-refractivity contribution is 7.71. The molecule has 0 atom stereocenters. The fourth-order valence-corrected chi connectivity index (χ4v) is 2.33. The molecule has 0 bridgehead atoms. The summed E-state index contributed by atoms with van der Waals surface area (Å²) in [5, 5.41) is 12.7. The number of benzene rings is 1. The predicted molar refractivity (Wildman–Crippen MR) is 85.3 cm³/mol. The van der Waals surface area contributed by atoms with E-state index in [2.05, 4.69) is 23.1 Å². The van der Waals surface area contributed by atoms with Gasteiger partial charge in [-0.2, -0.15) is 10.2 Å². The lowest BCUT2D eigenvalue weighted by molar-refractivity contribution is 0.230. The molecule has 1 aromatic heterocycles. The molecular formula is C14H16ClN5S. The van der Waals surface area contributed by atoms with Crippen molar-refractivity contribution in [3.8, 4) is 17.5 Å². The monoisotopic (exact) mass is 321 g/mol. The molecule has 0 aliphatic rings. The Kier molecular flexibility index (Phi) is 5.51. The normalized spacial score (nSPS) is 10.8. The van der Waals surface area contributed by atoms with Crippen LogP contribution in [0.3, 0.4) is 0 Å². The van der Waals surface area contributed by atoms with Crippen LogP contribution in [0.2, 0.25) is 5.02 Å². The molecule has 0 amide bonds. The highest BCUT2D eigenvalue weighted by atomic mass is 35.5. The second kappa shape index (κ2) is 7.36. The van der Waals surface area contributed by atoms with Crippen LogP contribution >= 0.6 is 23.8 Å². The van der Waals surface area contributed by atoms with E-state index in [1.807, 2.05) is 29.2 Å². The van der Waals surface area contributed by atoms with Gasteiger partial charge in [0.2, 0.25) is 4.77 Å². The number of aromatic nitrogens is 3. The number of halogens is 1. The lowest BCUT2D eigenvalue weighted by Crippen LogP contribution is -2.28. The van der Waals surface area contributed by atoms with Crippen molar-refractivity contribution in [2.75, 3.05) is 13.1 Å². The van der Waals surface area contributed by atoms with Crippen molar-refractivity contribution in [2.24, 2.45) is 0 Å². The number of nitrogens with one attached hydrogen (secondary N) is 1. The summed E-state index contributed by atoms with van der Waals surface area (Å²) in [4.78, 5) is 6.37. The summed E-state index contributed by atoms with van der Waals surface area (Å²) < 4.78 is 2.24. The molecule has 0 aliphatic carbocycles.